The number of aromatic nitrogens is 3. The lowest BCUT2D eigenvalue weighted by atomic mass is 10.2. The highest BCUT2D eigenvalue weighted by atomic mass is 16.5. The highest BCUT2D eigenvalue weighted by molar-refractivity contribution is 5.80. The van der Waals surface area contributed by atoms with Crippen molar-refractivity contribution in [1.29, 1.82) is 0 Å². The van der Waals surface area contributed by atoms with E-state index in [-0.39, 0.29) is 6.10 Å². The summed E-state index contributed by atoms with van der Waals surface area (Å²) in [5, 5.41) is 5.54. The Hall–Kier alpha value is -2.36. The predicted molar refractivity (Wildman–Crippen MR) is 74.6 cm³/mol. The maximum atomic E-state index is 5.61. The van der Waals surface area contributed by atoms with Crippen LogP contribution in [0.5, 0.6) is 5.88 Å². The molecule has 0 N–H and O–H groups in total. The first-order valence-corrected chi connectivity index (χ1v) is 6.30. The molecule has 0 saturated carbocycles. The molecule has 0 aliphatic rings. The number of benzene rings is 1. The fourth-order valence-electron chi connectivity index (χ4n) is 2.01. The van der Waals surface area contributed by atoms with Crippen molar-refractivity contribution >= 4 is 10.9 Å². The molecule has 0 aliphatic carbocycles. The molecule has 0 radical (unpaired) electrons. The van der Waals surface area contributed by atoms with Crippen LogP contribution in [0.25, 0.3) is 16.6 Å². The third kappa shape index (κ3) is 2.29. The van der Waals surface area contributed by atoms with Gasteiger partial charge in [-0.05, 0) is 26.0 Å². The van der Waals surface area contributed by atoms with E-state index in [9.17, 15) is 0 Å². The van der Waals surface area contributed by atoms with Crippen LogP contribution in [0.2, 0.25) is 0 Å². The third-order valence-corrected chi connectivity index (χ3v) is 2.80. The second-order valence-electron chi connectivity index (χ2n) is 4.63. The van der Waals surface area contributed by atoms with E-state index in [0.717, 1.165) is 16.6 Å². The molecule has 2 heterocycles. The van der Waals surface area contributed by atoms with Crippen molar-refractivity contribution in [2.75, 3.05) is 0 Å². The van der Waals surface area contributed by atoms with Gasteiger partial charge in [-0.15, -0.1) is 0 Å². The maximum Gasteiger partial charge on any atom is 0.215 e. The largest absolute Gasteiger partial charge is 0.475 e. The molecule has 0 saturated heterocycles. The van der Waals surface area contributed by atoms with E-state index in [4.69, 9.17) is 4.74 Å². The Balaban J connectivity index is 2.06. The van der Waals surface area contributed by atoms with Crippen molar-refractivity contribution < 1.29 is 4.74 Å². The van der Waals surface area contributed by atoms with E-state index in [2.05, 4.69) is 10.1 Å². The van der Waals surface area contributed by atoms with E-state index in [1.807, 2.05) is 61.1 Å². The van der Waals surface area contributed by atoms with Gasteiger partial charge in [-0.25, -0.2) is 9.67 Å². The second-order valence-corrected chi connectivity index (χ2v) is 4.63. The molecule has 3 rings (SSSR count). The van der Waals surface area contributed by atoms with Crippen molar-refractivity contribution in [1.82, 2.24) is 14.8 Å². The molecule has 3 aromatic rings. The first-order chi connectivity index (χ1) is 9.24. The molecule has 0 amide bonds. The molecule has 2 aromatic heterocycles. The summed E-state index contributed by atoms with van der Waals surface area (Å²) in [6.45, 7) is 3.97. The van der Waals surface area contributed by atoms with Gasteiger partial charge in [0.15, 0.2) is 0 Å². The minimum absolute atomic E-state index is 0.108. The van der Waals surface area contributed by atoms with Gasteiger partial charge in [0.1, 0.15) is 0 Å². The summed E-state index contributed by atoms with van der Waals surface area (Å²) in [5.41, 5.74) is 2.02. The van der Waals surface area contributed by atoms with Gasteiger partial charge >= 0.3 is 0 Å². The highest BCUT2D eigenvalue weighted by Gasteiger charge is 2.06. The SMILES string of the molecule is CC(C)Oc1cc(-n2ncc3ccccc32)ccn1. The van der Waals surface area contributed by atoms with Crippen LogP contribution in [-0.4, -0.2) is 20.9 Å². The summed E-state index contributed by atoms with van der Waals surface area (Å²) in [7, 11) is 0. The zero-order valence-corrected chi connectivity index (χ0v) is 10.9. The Bertz CT molecular complexity index is 703. The van der Waals surface area contributed by atoms with Gasteiger partial charge in [0.25, 0.3) is 0 Å². The zero-order valence-electron chi connectivity index (χ0n) is 10.9. The van der Waals surface area contributed by atoms with Crippen LogP contribution in [-0.2, 0) is 0 Å². The highest BCUT2D eigenvalue weighted by Crippen LogP contribution is 2.20. The van der Waals surface area contributed by atoms with Crippen LogP contribution in [0, 0.1) is 0 Å². The van der Waals surface area contributed by atoms with Crippen LogP contribution >= 0.6 is 0 Å². The summed E-state index contributed by atoms with van der Waals surface area (Å²) >= 11 is 0. The first-order valence-electron chi connectivity index (χ1n) is 6.30. The quantitative estimate of drug-likeness (QED) is 0.719. The van der Waals surface area contributed by atoms with Gasteiger partial charge in [0.05, 0.1) is 23.5 Å². The number of rotatable bonds is 3. The Morgan fingerprint density at radius 2 is 2.00 bits per heavy atom. The Morgan fingerprint density at radius 1 is 1.16 bits per heavy atom. The molecular formula is C15H15N3O. The van der Waals surface area contributed by atoms with E-state index in [1.54, 1.807) is 6.20 Å². The fraction of sp³-hybridized carbons (Fsp3) is 0.200. The molecule has 0 bridgehead atoms. The molecule has 0 unspecified atom stereocenters. The van der Waals surface area contributed by atoms with Crippen LogP contribution < -0.4 is 4.74 Å². The summed E-state index contributed by atoms with van der Waals surface area (Å²) in [6, 6.07) is 11.9. The Labute approximate surface area is 111 Å². The van der Waals surface area contributed by atoms with E-state index >= 15 is 0 Å². The van der Waals surface area contributed by atoms with Gasteiger partial charge < -0.3 is 4.74 Å². The lowest BCUT2D eigenvalue weighted by molar-refractivity contribution is 0.232. The lowest BCUT2D eigenvalue weighted by Gasteiger charge is -2.10. The lowest BCUT2D eigenvalue weighted by Crippen LogP contribution is -2.07. The third-order valence-electron chi connectivity index (χ3n) is 2.80. The summed E-state index contributed by atoms with van der Waals surface area (Å²) in [5.74, 6) is 0.618. The van der Waals surface area contributed by atoms with Crippen LogP contribution in [0.15, 0.2) is 48.8 Å². The number of para-hydroxylation sites is 1. The zero-order chi connectivity index (χ0) is 13.2. The molecule has 0 fully saturated rings. The van der Waals surface area contributed by atoms with E-state index in [0.29, 0.717) is 5.88 Å². The van der Waals surface area contributed by atoms with E-state index < -0.39 is 0 Å². The number of ether oxygens (including phenoxy) is 1. The van der Waals surface area contributed by atoms with Crippen molar-refractivity contribution in [3.63, 3.8) is 0 Å². The standard InChI is InChI=1S/C15H15N3O/c1-11(2)19-15-9-13(7-8-16-15)18-14-6-4-3-5-12(14)10-17-18/h3-11H,1-2H3. The number of pyridine rings is 1. The maximum absolute atomic E-state index is 5.61. The first kappa shape index (κ1) is 11.7. The Kier molecular flexibility index (Phi) is 2.91. The van der Waals surface area contributed by atoms with Crippen molar-refractivity contribution in [2.45, 2.75) is 20.0 Å². The molecule has 1 aromatic carbocycles. The minimum atomic E-state index is 0.108. The van der Waals surface area contributed by atoms with Gasteiger partial charge in [-0.3, -0.25) is 0 Å². The number of nitrogens with zero attached hydrogens (tertiary/aromatic N) is 3. The van der Waals surface area contributed by atoms with Crippen molar-refractivity contribution in [3.8, 4) is 11.6 Å². The Morgan fingerprint density at radius 3 is 2.84 bits per heavy atom. The molecule has 0 aliphatic heterocycles. The predicted octanol–water partition coefficient (Wildman–Crippen LogP) is 3.21. The van der Waals surface area contributed by atoms with Gasteiger partial charge in [0.2, 0.25) is 5.88 Å². The molecule has 0 spiro atoms. The van der Waals surface area contributed by atoms with Gasteiger partial charge in [0, 0.05) is 17.6 Å². The number of fused-ring (bicyclic) bond motifs is 1. The molecule has 0 atom stereocenters. The van der Waals surface area contributed by atoms with Crippen LogP contribution in [0.1, 0.15) is 13.8 Å². The van der Waals surface area contributed by atoms with Crippen LogP contribution in [0.3, 0.4) is 0 Å². The van der Waals surface area contributed by atoms with Crippen molar-refractivity contribution in [3.05, 3.63) is 48.8 Å². The monoisotopic (exact) mass is 253 g/mol. The van der Waals surface area contributed by atoms with Gasteiger partial charge in [-0.1, -0.05) is 18.2 Å². The summed E-state index contributed by atoms with van der Waals surface area (Å²) in [6.07, 6.45) is 3.71. The molecule has 19 heavy (non-hydrogen) atoms. The summed E-state index contributed by atoms with van der Waals surface area (Å²) < 4.78 is 7.51. The van der Waals surface area contributed by atoms with E-state index in [1.165, 1.54) is 0 Å². The number of hydrogen-bond donors (Lipinski definition) is 0. The smallest absolute Gasteiger partial charge is 0.215 e. The fourth-order valence-corrected chi connectivity index (χ4v) is 2.01. The van der Waals surface area contributed by atoms with Gasteiger partial charge in [-0.2, -0.15) is 5.10 Å². The molecular weight excluding hydrogens is 238 g/mol. The number of hydrogen-bond acceptors (Lipinski definition) is 3. The normalized spacial score (nSPS) is 11.1. The van der Waals surface area contributed by atoms with Crippen molar-refractivity contribution in [2.24, 2.45) is 0 Å². The molecule has 96 valence electrons. The topological polar surface area (TPSA) is 39.9 Å². The molecule has 4 nitrogen and oxygen atoms in total. The minimum Gasteiger partial charge on any atom is -0.475 e. The average molecular weight is 253 g/mol. The van der Waals surface area contributed by atoms with Crippen LogP contribution in [0.4, 0.5) is 0 Å². The second kappa shape index (κ2) is 4.72. The average Bonchev–Trinajstić information content (AvgIpc) is 2.82. The molecule has 4 heteroatoms. The summed E-state index contributed by atoms with van der Waals surface area (Å²) in [4.78, 5) is 4.21.